The monoisotopic (exact) mass is 242 g/mol. The van der Waals surface area contributed by atoms with Crippen LogP contribution in [0.3, 0.4) is 0 Å². The Morgan fingerprint density at radius 3 is 2.67 bits per heavy atom. The topological polar surface area (TPSA) is 67.6 Å². The Morgan fingerprint density at radius 1 is 1.33 bits per heavy atom. The van der Waals surface area contributed by atoms with Gasteiger partial charge in [-0.25, -0.2) is 4.98 Å². The molecular formula is C9H8Cl2N4. The number of halogens is 2. The van der Waals surface area contributed by atoms with Gasteiger partial charge in [0, 0.05) is 10.6 Å². The van der Waals surface area contributed by atoms with Crippen LogP contribution < -0.4 is 5.73 Å². The molecule has 0 saturated carbocycles. The lowest BCUT2D eigenvalue weighted by atomic mass is 10.1. The molecule has 0 atom stereocenters. The molecule has 0 bridgehead atoms. The van der Waals surface area contributed by atoms with Crippen LogP contribution in [-0.2, 0) is 0 Å². The highest BCUT2D eigenvalue weighted by Crippen LogP contribution is 2.32. The summed E-state index contributed by atoms with van der Waals surface area (Å²) < 4.78 is 0. The highest BCUT2D eigenvalue weighted by molar-refractivity contribution is 6.37. The van der Waals surface area contributed by atoms with E-state index in [4.69, 9.17) is 28.9 Å². The fourth-order valence-electron chi connectivity index (χ4n) is 1.23. The van der Waals surface area contributed by atoms with Crippen LogP contribution in [0.1, 0.15) is 5.82 Å². The van der Waals surface area contributed by atoms with Crippen molar-refractivity contribution in [3.8, 4) is 11.4 Å². The molecule has 1 aromatic heterocycles. The van der Waals surface area contributed by atoms with Gasteiger partial charge in [0.2, 0.25) is 0 Å². The molecule has 2 aromatic rings. The number of anilines is 1. The minimum absolute atomic E-state index is 0.403. The van der Waals surface area contributed by atoms with Gasteiger partial charge in [-0.1, -0.05) is 23.2 Å². The molecule has 0 fully saturated rings. The quantitative estimate of drug-likeness (QED) is 0.756. The largest absolute Gasteiger partial charge is 0.397 e. The number of hydrogen-bond donors (Lipinski definition) is 2. The first-order valence-corrected chi connectivity index (χ1v) is 4.97. The number of rotatable bonds is 1. The average molecular weight is 243 g/mol. The third-order valence-electron chi connectivity index (χ3n) is 1.93. The molecule has 78 valence electrons. The minimum atomic E-state index is 0.403. The van der Waals surface area contributed by atoms with Crippen molar-refractivity contribution in [2.24, 2.45) is 0 Å². The van der Waals surface area contributed by atoms with Gasteiger partial charge in [-0.2, -0.15) is 5.10 Å². The zero-order valence-electron chi connectivity index (χ0n) is 7.88. The molecule has 0 unspecified atom stereocenters. The number of hydrogen-bond acceptors (Lipinski definition) is 3. The summed E-state index contributed by atoms with van der Waals surface area (Å²) >= 11 is 11.8. The van der Waals surface area contributed by atoms with Gasteiger partial charge in [-0.3, -0.25) is 5.10 Å². The Bertz CT molecular complexity index is 507. The second-order valence-electron chi connectivity index (χ2n) is 3.09. The minimum Gasteiger partial charge on any atom is -0.397 e. The average Bonchev–Trinajstić information content (AvgIpc) is 2.58. The van der Waals surface area contributed by atoms with E-state index >= 15 is 0 Å². The van der Waals surface area contributed by atoms with E-state index in [1.165, 1.54) is 0 Å². The maximum absolute atomic E-state index is 5.90. The molecule has 0 amide bonds. The van der Waals surface area contributed by atoms with Gasteiger partial charge >= 0.3 is 0 Å². The maximum Gasteiger partial charge on any atom is 0.183 e. The third kappa shape index (κ3) is 1.91. The van der Waals surface area contributed by atoms with Crippen molar-refractivity contribution < 1.29 is 0 Å². The molecule has 0 radical (unpaired) electrons. The highest BCUT2D eigenvalue weighted by atomic mass is 35.5. The van der Waals surface area contributed by atoms with Crippen molar-refractivity contribution in [2.45, 2.75) is 6.92 Å². The van der Waals surface area contributed by atoms with Gasteiger partial charge in [-0.15, -0.1) is 0 Å². The number of nitrogen functional groups attached to an aromatic ring is 1. The molecule has 2 rings (SSSR count). The molecule has 6 heteroatoms. The van der Waals surface area contributed by atoms with Crippen LogP contribution in [0.2, 0.25) is 10.0 Å². The summed E-state index contributed by atoms with van der Waals surface area (Å²) in [5, 5.41) is 7.63. The van der Waals surface area contributed by atoms with E-state index in [1.54, 1.807) is 19.1 Å². The van der Waals surface area contributed by atoms with Crippen molar-refractivity contribution >= 4 is 28.9 Å². The molecule has 3 N–H and O–H groups in total. The first kappa shape index (κ1) is 10.3. The van der Waals surface area contributed by atoms with Crippen LogP contribution in [0, 0.1) is 6.92 Å². The number of H-pyrrole nitrogens is 1. The SMILES string of the molecule is Cc1nc(-c2cc(Cl)cc(Cl)c2N)n[nH]1. The summed E-state index contributed by atoms with van der Waals surface area (Å²) in [5.41, 5.74) is 6.87. The second kappa shape index (κ2) is 3.72. The predicted molar refractivity (Wildman–Crippen MR) is 61.0 cm³/mol. The van der Waals surface area contributed by atoms with Crippen LogP contribution in [0.25, 0.3) is 11.4 Å². The van der Waals surface area contributed by atoms with E-state index in [2.05, 4.69) is 15.2 Å². The van der Waals surface area contributed by atoms with Gasteiger partial charge in [-0.05, 0) is 19.1 Å². The summed E-state index contributed by atoms with van der Waals surface area (Å²) in [6.45, 7) is 1.80. The fraction of sp³-hybridized carbons (Fsp3) is 0.111. The maximum atomic E-state index is 5.90. The van der Waals surface area contributed by atoms with Gasteiger partial charge in [0.15, 0.2) is 5.82 Å². The van der Waals surface area contributed by atoms with Crippen LogP contribution in [0.5, 0.6) is 0 Å². The number of nitrogens with zero attached hydrogens (tertiary/aromatic N) is 2. The van der Waals surface area contributed by atoms with Crippen LogP contribution in [0.4, 0.5) is 5.69 Å². The molecule has 1 heterocycles. The molecular weight excluding hydrogens is 235 g/mol. The molecule has 1 aromatic carbocycles. The molecule has 15 heavy (non-hydrogen) atoms. The van der Waals surface area contributed by atoms with Gasteiger partial charge in [0.05, 0.1) is 10.7 Å². The fourth-order valence-corrected chi connectivity index (χ4v) is 1.73. The third-order valence-corrected chi connectivity index (χ3v) is 2.46. The van der Waals surface area contributed by atoms with Crippen molar-refractivity contribution in [1.82, 2.24) is 15.2 Å². The highest BCUT2D eigenvalue weighted by Gasteiger charge is 2.11. The summed E-state index contributed by atoms with van der Waals surface area (Å²) in [6.07, 6.45) is 0. The smallest absolute Gasteiger partial charge is 0.183 e. The molecule has 0 aliphatic rings. The van der Waals surface area contributed by atoms with Gasteiger partial charge in [0.1, 0.15) is 5.82 Å². The normalized spacial score (nSPS) is 10.6. The Morgan fingerprint density at radius 2 is 2.07 bits per heavy atom. The van der Waals surface area contributed by atoms with Gasteiger partial charge < -0.3 is 5.73 Å². The van der Waals surface area contributed by atoms with E-state index in [9.17, 15) is 0 Å². The summed E-state index contributed by atoms with van der Waals surface area (Å²) in [5.74, 6) is 1.20. The first-order chi connectivity index (χ1) is 7.08. The molecule has 0 aliphatic carbocycles. The van der Waals surface area contributed by atoms with E-state index in [-0.39, 0.29) is 0 Å². The van der Waals surface area contributed by atoms with Gasteiger partial charge in [0.25, 0.3) is 0 Å². The molecule has 0 spiro atoms. The number of nitrogens with two attached hydrogens (primary N) is 1. The lowest BCUT2D eigenvalue weighted by Gasteiger charge is -2.04. The predicted octanol–water partition coefficient (Wildman–Crippen LogP) is 2.67. The number of aryl methyl sites for hydroxylation is 1. The van der Waals surface area contributed by atoms with Crippen LogP contribution >= 0.6 is 23.2 Å². The molecule has 4 nitrogen and oxygen atoms in total. The number of benzene rings is 1. The van der Waals surface area contributed by atoms with Crippen LogP contribution in [0.15, 0.2) is 12.1 Å². The Kier molecular flexibility index (Phi) is 2.54. The molecule has 0 aliphatic heterocycles. The second-order valence-corrected chi connectivity index (χ2v) is 3.94. The zero-order valence-corrected chi connectivity index (χ0v) is 9.39. The lowest BCUT2D eigenvalue weighted by Crippen LogP contribution is -1.93. The zero-order chi connectivity index (χ0) is 11.0. The van der Waals surface area contributed by atoms with Crippen LogP contribution in [-0.4, -0.2) is 15.2 Å². The van der Waals surface area contributed by atoms with Crippen molar-refractivity contribution in [3.05, 3.63) is 28.0 Å². The van der Waals surface area contributed by atoms with Crippen molar-refractivity contribution in [1.29, 1.82) is 0 Å². The summed E-state index contributed by atoms with van der Waals surface area (Å²) in [7, 11) is 0. The summed E-state index contributed by atoms with van der Waals surface area (Å²) in [6, 6.07) is 3.27. The van der Waals surface area contributed by atoms with Crippen molar-refractivity contribution in [3.63, 3.8) is 0 Å². The first-order valence-electron chi connectivity index (χ1n) is 4.22. The Hall–Kier alpha value is -1.26. The summed E-state index contributed by atoms with van der Waals surface area (Å²) in [4.78, 5) is 4.16. The Balaban J connectivity index is 2.62. The van der Waals surface area contributed by atoms with E-state index in [0.717, 1.165) is 0 Å². The lowest BCUT2D eigenvalue weighted by molar-refractivity contribution is 1.04. The van der Waals surface area contributed by atoms with E-state index in [1.807, 2.05) is 0 Å². The standard InChI is InChI=1S/C9H8Cl2N4/c1-4-13-9(15-14-4)6-2-5(10)3-7(11)8(6)12/h2-3H,12H2,1H3,(H,13,14,15). The Labute approximate surface area is 96.4 Å². The van der Waals surface area contributed by atoms with Crippen molar-refractivity contribution in [2.75, 3.05) is 5.73 Å². The number of aromatic amines is 1. The number of aromatic nitrogens is 3. The van der Waals surface area contributed by atoms with E-state index < -0.39 is 0 Å². The van der Waals surface area contributed by atoms with E-state index in [0.29, 0.717) is 32.9 Å². The number of nitrogens with one attached hydrogen (secondary N) is 1. The molecule has 0 saturated heterocycles.